The molecule has 0 heterocycles. The second-order valence-corrected chi connectivity index (χ2v) is 7.12. The Kier molecular flexibility index (Phi) is 18.4. The average molecular weight is 419 g/mol. The first-order valence-electron chi connectivity index (χ1n) is 5.60. The summed E-state index contributed by atoms with van der Waals surface area (Å²) in [6, 6.07) is -3.12. The molecule has 13 nitrogen and oxygen atoms in total. The molecule has 0 aliphatic carbocycles. The van der Waals surface area contributed by atoms with E-state index in [4.69, 9.17) is 35.9 Å². The summed E-state index contributed by atoms with van der Waals surface area (Å²) in [7, 11) is -8.55. The Morgan fingerprint density at radius 1 is 0.880 bits per heavy atom. The smallest absolute Gasteiger partial charge is 0.321 e. The van der Waals surface area contributed by atoms with Crippen molar-refractivity contribution in [3.8, 4) is 0 Å². The number of carboxylic acids is 2. The van der Waals surface area contributed by atoms with Crippen LogP contribution in [0.1, 0.15) is 6.92 Å². The Morgan fingerprint density at radius 3 is 1.08 bits per heavy atom. The number of aliphatic carboxylic acids is 2. The van der Waals surface area contributed by atoms with E-state index in [0.29, 0.717) is 0 Å². The summed E-state index contributed by atoms with van der Waals surface area (Å²) in [5, 5.41) is 24.0. The molecule has 2 atom stereocenters. The van der Waals surface area contributed by atoms with Gasteiger partial charge in [0.25, 0.3) is 20.2 Å². The van der Waals surface area contributed by atoms with Gasteiger partial charge in [0.1, 0.15) is 23.6 Å². The molecule has 0 unspecified atom stereocenters. The quantitative estimate of drug-likeness (QED) is 0.131. The van der Waals surface area contributed by atoms with E-state index in [1.54, 1.807) is 0 Å². The molecular formula is C9H20N2NaO11S2. The molecule has 0 aromatic rings. The Balaban J connectivity index is -0.000000141. The van der Waals surface area contributed by atoms with E-state index in [2.05, 4.69) is 6.58 Å². The second kappa shape index (κ2) is 14.4. The molecular weight excluding hydrogens is 399 g/mol. The van der Waals surface area contributed by atoms with E-state index in [9.17, 15) is 26.4 Å². The van der Waals surface area contributed by atoms with Crippen molar-refractivity contribution in [1.29, 1.82) is 0 Å². The molecule has 16 heteroatoms. The van der Waals surface area contributed by atoms with Crippen LogP contribution in [0.15, 0.2) is 12.3 Å². The molecule has 0 rings (SSSR count). The third kappa shape index (κ3) is 35.3. The van der Waals surface area contributed by atoms with Gasteiger partial charge >= 0.3 is 11.9 Å². The standard InChI is InChI=1S/2C3H7NO5S.C3H6O.Na/c2*4-2(3(5)6)1-10(7,8)9;1-3(2)4;/h2*2H,1,4H2,(H,5,6)(H,7,8,9);4H,1H2,2H3;/t2*2-;;/m00../s1. The van der Waals surface area contributed by atoms with Crippen LogP contribution >= 0.6 is 0 Å². The van der Waals surface area contributed by atoms with Crippen LogP contribution in [0.2, 0.25) is 0 Å². The number of allylic oxidation sites excluding steroid dienone is 1. The number of hydrogen-bond donors (Lipinski definition) is 7. The Labute approximate surface area is 166 Å². The van der Waals surface area contributed by atoms with E-state index in [0.717, 1.165) is 0 Å². The summed E-state index contributed by atoms with van der Waals surface area (Å²) in [5.41, 5.74) is 9.53. The van der Waals surface area contributed by atoms with Crippen molar-refractivity contribution < 1.29 is 50.8 Å². The van der Waals surface area contributed by atoms with Crippen LogP contribution < -0.4 is 11.5 Å². The van der Waals surface area contributed by atoms with Gasteiger partial charge in [0.05, 0.1) is 5.76 Å². The van der Waals surface area contributed by atoms with Crippen LogP contribution in [0.4, 0.5) is 0 Å². The summed E-state index contributed by atoms with van der Waals surface area (Å²) >= 11 is 0. The predicted molar refractivity (Wildman–Crippen MR) is 87.3 cm³/mol. The van der Waals surface area contributed by atoms with Crippen molar-refractivity contribution in [3.63, 3.8) is 0 Å². The van der Waals surface area contributed by atoms with Crippen LogP contribution in [0.25, 0.3) is 0 Å². The van der Waals surface area contributed by atoms with Crippen LogP contribution in [-0.2, 0) is 29.8 Å². The first-order valence-corrected chi connectivity index (χ1v) is 8.82. The third-order valence-electron chi connectivity index (χ3n) is 1.41. The maximum atomic E-state index is 9.96. The number of nitrogens with two attached hydrogens (primary N) is 2. The van der Waals surface area contributed by atoms with E-state index in [1.165, 1.54) is 6.92 Å². The fraction of sp³-hybridized carbons (Fsp3) is 0.556. The minimum absolute atomic E-state index is 0. The van der Waals surface area contributed by atoms with Gasteiger partial charge in [-0.15, -0.1) is 0 Å². The Hall–Kier alpha value is -0.780. The molecule has 9 N–H and O–H groups in total. The first-order chi connectivity index (χ1) is 10.4. The van der Waals surface area contributed by atoms with Gasteiger partial charge in [0, 0.05) is 29.6 Å². The minimum atomic E-state index is -4.27. The van der Waals surface area contributed by atoms with Crippen LogP contribution in [0, 0.1) is 0 Å². The van der Waals surface area contributed by atoms with E-state index >= 15 is 0 Å². The molecule has 145 valence electrons. The SMILES string of the molecule is C=C(C)O.N[C@@H](CS(=O)(=O)O)C(=O)O.N[C@@H](CS(=O)(=O)O)C(=O)O.[Na]. The van der Waals surface area contributed by atoms with Gasteiger partial charge in [0.2, 0.25) is 0 Å². The maximum Gasteiger partial charge on any atom is 0.321 e. The van der Waals surface area contributed by atoms with Gasteiger partial charge in [-0.3, -0.25) is 18.7 Å². The zero-order valence-electron chi connectivity index (χ0n) is 13.4. The zero-order chi connectivity index (χ0) is 20.3. The number of aliphatic hydroxyl groups excluding tert-OH is 1. The number of carboxylic acid groups (broad SMARTS) is 2. The molecule has 1 radical (unpaired) electrons. The summed E-state index contributed by atoms with van der Waals surface area (Å²) < 4.78 is 56.0. The van der Waals surface area contributed by atoms with Crippen molar-refractivity contribution in [1.82, 2.24) is 0 Å². The van der Waals surface area contributed by atoms with Gasteiger partial charge in [-0.1, -0.05) is 6.58 Å². The van der Waals surface area contributed by atoms with E-state index in [1.807, 2.05) is 0 Å². The number of aliphatic hydroxyl groups is 1. The van der Waals surface area contributed by atoms with Gasteiger partial charge in [-0.05, 0) is 6.92 Å². The monoisotopic (exact) mass is 419 g/mol. The largest absolute Gasteiger partial charge is 0.513 e. The fourth-order valence-electron chi connectivity index (χ4n) is 0.596. The molecule has 0 amide bonds. The molecule has 0 spiro atoms. The molecule has 25 heavy (non-hydrogen) atoms. The summed E-state index contributed by atoms with van der Waals surface area (Å²) in [6.45, 7) is 4.64. The first kappa shape index (κ1) is 31.9. The Morgan fingerprint density at radius 2 is 1.04 bits per heavy atom. The maximum absolute atomic E-state index is 9.96. The van der Waals surface area contributed by atoms with E-state index < -0.39 is 55.8 Å². The molecule has 0 aliphatic rings. The van der Waals surface area contributed by atoms with Crippen LogP contribution in [0.3, 0.4) is 0 Å². The topological polar surface area (TPSA) is 256 Å². The van der Waals surface area contributed by atoms with Gasteiger partial charge in [0.15, 0.2) is 0 Å². The molecule has 0 fully saturated rings. The van der Waals surface area contributed by atoms with Crippen LogP contribution in [0.5, 0.6) is 0 Å². The van der Waals surface area contributed by atoms with Crippen molar-refractivity contribution in [2.24, 2.45) is 11.5 Å². The third-order valence-corrected chi connectivity index (χ3v) is 2.98. The number of rotatable bonds is 6. The molecule has 0 saturated carbocycles. The zero-order valence-corrected chi connectivity index (χ0v) is 17.1. The van der Waals surface area contributed by atoms with Crippen molar-refractivity contribution in [3.05, 3.63) is 12.3 Å². The minimum Gasteiger partial charge on any atom is -0.513 e. The summed E-state index contributed by atoms with van der Waals surface area (Å²) in [4.78, 5) is 19.8. The predicted octanol–water partition coefficient (Wildman–Crippen LogP) is -2.73. The molecule has 0 bridgehead atoms. The average Bonchev–Trinajstić information content (AvgIpc) is 2.23. The molecule has 0 aromatic carbocycles. The molecule has 0 aliphatic heterocycles. The van der Waals surface area contributed by atoms with Gasteiger partial charge in [-0.2, -0.15) is 16.8 Å². The number of hydrogen-bond acceptors (Lipinski definition) is 9. The summed E-state index contributed by atoms with van der Waals surface area (Å²) in [5.74, 6) is -4.67. The van der Waals surface area contributed by atoms with E-state index in [-0.39, 0.29) is 35.3 Å². The van der Waals surface area contributed by atoms with Crippen LogP contribution in [-0.4, -0.2) is 106 Å². The van der Waals surface area contributed by atoms with Crippen molar-refractivity contribution in [2.45, 2.75) is 19.0 Å². The van der Waals surface area contributed by atoms with Crippen molar-refractivity contribution in [2.75, 3.05) is 11.5 Å². The molecule has 0 saturated heterocycles. The van der Waals surface area contributed by atoms with Crippen molar-refractivity contribution >= 4 is 61.7 Å². The fourth-order valence-corrected chi connectivity index (χ4v) is 1.79. The van der Waals surface area contributed by atoms with Gasteiger partial charge in [-0.25, -0.2) is 0 Å². The molecule has 0 aromatic heterocycles. The summed E-state index contributed by atoms with van der Waals surface area (Å²) in [6.07, 6.45) is 0. The second-order valence-electron chi connectivity index (χ2n) is 4.12. The number of carbonyl (C=O) groups is 2. The van der Waals surface area contributed by atoms with Gasteiger partial charge < -0.3 is 26.8 Å². The Bertz CT molecular complexity index is 578. The normalized spacial score (nSPS) is 12.7.